The molecule has 0 spiro atoms. The Kier molecular flexibility index (Phi) is 12.2. The van der Waals surface area contributed by atoms with E-state index in [1.807, 2.05) is 75.4 Å². The highest BCUT2D eigenvalue weighted by molar-refractivity contribution is 5.94. The predicted octanol–water partition coefficient (Wildman–Crippen LogP) is 6.19. The number of ether oxygens (including phenoxy) is 1. The first-order chi connectivity index (χ1) is 22.1. The fourth-order valence-electron chi connectivity index (χ4n) is 5.97. The molecule has 0 aromatic heterocycles. The minimum atomic E-state index is -0.673. The SMILES string of the molecule is CCCCNC(=O)NC1CC(CNC(=O)c2ccccc2)C(N(C)C(=O)OC(C)(C)C)CN1C(c1ccccc1)c1ccccc1. The standard InChI is InChI=1S/C37H49N5O4/c1-6-7-23-38-35(44)40-32-24-30(25-39-34(43)29-21-15-10-16-22-29)31(41(5)36(45)46-37(2,3)4)26-42(32)33(27-17-11-8-12-18-27)28-19-13-9-14-20-28/h8-22,30-33H,6-7,23-26H2,1-5H3,(H,39,43)(H2,38,40,44). The van der Waals surface area contributed by atoms with Gasteiger partial charge in [-0.15, -0.1) is 0 Å². The average molecular weight is 628 g/mol. The van der Waals surface area contributed by atoms with Gasteiger partial charge in [0.25, 0.3) is 5.91 Å². The summed E-state index contributed by atoms with van der Waals surface area (Å²) in [7, 11) is 1.76. The molecular weight excluding hydrogens is 578 g/mol. The molecule has 1 aliphatic rings. The first-order valence-electron chi connectivity index (χ1n) is 16.3. The molecule has 1 aliphatic heterocycles. The highest BCUT2D eigenvalue weighted by atomic mass is 16.6. The normalized spacial score (nSPS) is 18.4. The number of piperidine rings is 1. The molecule has 3 unspecified atom stereocenters. The van der Waals surface area contributed by atoms with Crippen molar-refractivity contribution in [2.45, 2.75) is 70.8 Å². The first-order valence-corrected chi connectivity index (χ1v) is 16.3. The van der Waals surface area contributed by atoms with Gasteiger partial charge in [0.15, 0.2) is 0 Å². The van der Waals surface area contributed by atoms with Gasteiger partial charge in [0.2, 0.25) is 0 Å². The van der Waals surface area contributed by atoms with Crippen LogP contribution in [0.3, 0.4) is 0 Å². The van der Waals surface area contributed by atoms with Crippen LogP contribution in [0.4, 0.5) is 9.59 Å². The van der Waals surface area contributed by atoms with Crippen molar-refractivity contribution >= 4 is 18.0 Å². The molecule has 0 saturated carbocycles. The second-order valence-electron chi connectivity index (χ2n) is 12.9. The molecule has 4 rings (SSSR count). The zero-order chi connectivity index (χ0) is 33.1. The van der Waals surface area contributed by atoms with Crippen LogP contribution < -0.4 is 16.0 Å². The number of amides is 4. The van der Waals surface area contributed by atoms with Gasteiger partial charge in [0.1, 0.15) is 5.60 Å². The molecule has 3 N–H and O–H groups in total. The van der Waals surface area contributed by atoms with E-state index in [4.69, 9.17) is 4.74 Å². The number of hydrogen-bond acceptors (Lipinski definition) is 5. The fourth-order valence-corrected chi connectivity index (χ4v) is 5.97. The number of unbranched alkanes of at least 4 members (excludes halogenated alkanes) is 1. The largest absolute Gasteiger partial charge is 0.444 e. The van der Waals surface area contributed by atoms with Crippen molar-refractivity contribution in [3.63, 3.8) is 0 Å². The Hall–Kier alpha value is -4.37. The lowest BCUT2D eigenvalue weighted by Crippen LogP contribution is -2.64. The number of likely N-dealkylation sites (tertiary alicyclic amines) is 1. The Morgan fingerprint density at radius 1 is 0.891 bits per heavy atom. The topological polar surface area (TPSA) is 103 Å². The number of nitrogens with zero attached hydrogens (tertiary/aromatic N) is 2. The van der Waals surface area contributed by atoms with Crippen molar-refractivity contribution in [1.29, 1.82) is 0 Å². The fraction of sp³-hybridized carbons (Fsp3) is 0.432. The summed E-state index contributed by atoms with van der Waals surface area (Å²) in [6.45, 7) is 8.95. The summed E-state index contributed by atoms with van der Waals surface area (Å²) in [5.41, 5.74) is 2.03. The molecule has 0 radical (unpaired) electrons. The molecule has 0 bridgehead atoms. The van der Waals surface area contributed by atoms with Gasteiger partial charge in [-0.1, -0.05) is 92.2 Å². The van der Waals surface area contributed by atoms with Crippen molar-refractivity contribution < 1.29 is 19.1 Å². The van der Waals surface area contributed by atoms with Crippen molar-refractivity contribution in [2.24, 2.45) is 5.92 Å². The third kappa shape index (κ3) is 9.57. The van der Waals surface area contributed by atoms with E-state index < -0.39 is 17.9 Å². The second-order valence-corrected chi connectivity index (χ2v) is 12.9. The maximum absolute atomic E-state index is 13.5. The van der Waals surface area contributed by atoms with Crippen LogP contribution in [0.5, 0.6) is 0 Å². The molecule has 3 aromatic rings. The molecule has 246 valence electrons. The van der Waals surface area contributed by atoms with Crippen LogP contribution in [-0.2, 0) is 4.74 Å². The number of benzene rings is 3. The quantitative estimate of drug-likeness (QED) is 0.220. The van der Waals surface area contributed by atoms with Crippen LogP contribution in [-0.4, -0.2) is 72.3 Å². The molecular formula is C37H49N5O4. The van der Waals surface area contributed by atoms with E-state index >= 15 is 0 Å². The maximum Gasteiger partial charge on any atom is 0.410 e. The molecule has 3 atom stereocenters. The number of hydrogen-bond donors (Lipinski definition) is 3. The lowest BCUT2D eigenvalue weighted by Gasteiger charge is -2.50. The minimum Gasteiger partial charge on any atom is -0.444 e. The monoisotopic (exact) mass is 627 g/mol. The number of urea groups is 1. The van der Waals surface area contributed by atoms with Gasteiger partial charge in [-0.3, -0.25) is 9.69 Å². The summed E-state index contributed by atoms with van der Waals surface area (Å²) in [4.78, 5) is 43.8. The predicted molar refractivity (Wildman–Crippen MR) is 181 cm³/mol. The maximum atomic E-state index is 13.5. The Labute approximate surface area is 273 Å². The van der Waals surface area contributed by atoms with Crippen LogP contribution in [0.2, 0.25) is 0 Å². The lowest BCUT2D eigenvalue weighted by atomic mass is 9.85. The van der Waals surface area contributed by atoms with E-state index in [0.717, 1.165) is 24.0 Å². The zero-order valence-electron chi connectivity index (χ0n) is 27.7. The van der Waals surface area contributed by atoms with Crippen LogP contribution in [0.15, 0.2) is 91.0 Å². The number of nitrogens with one attached hydrogen (secondary N) is 3. The van der Waals surface area contributed by atoms with Crippen molar-refractivity contribution in [3.8, 4) is 0 Å². The summed E-state index contributed by atoms with van der Waals surface area (Å²) in [6.07, 6.45) is 1.52. The molecule has 9 heteroatoms. The highest BCUT2D eigenvalue weighted by Gasteiger charge is 2.43. The molecule has 9 nitrogen and oxygen atoms in total. The Balaban J connectivity index is 1.72. The van der Waals surface area contributed by atoms with Crippen molar-refractivity contribution in [2.75, 3.05) is 26.7 Å². The van der Waals surface area contributed by atoms with Gasteiger partial charge in [0, 0.05) is 38.2 Å². The van der Waals surface area contributed by atoms with Crippen LogP contribution in [0.25, 0.3) is 0 Å². The average Bonchev–Trinajstić information content (AvgIpc) is 3.05. The van der Waals surface area contributed by atoms with E-state index in [1.54, 1.807) is 24.1 Å². The molecule has 1 saturated heterocycles. The van der Waals surface area contributed by atoms with Crippen LogP contribution in [0, 0.1) is 5.92 Å². The summed E-state index contributed by atoms with van der Waals surface area (Å²) >= 11 is 0. The summed E-state index contributed by atoms with van der Waals surface area (Å²) in [5.74, 6) is -0.371. The first kappa shape index (κ1) is 34.5. The summed E-state index contributed by atoms with van der Waals surface area (Å²) in [6, 6.07) is 28.7. The van der Waals surface area contributed by atoms with E-state index in [-0.39, 0.29) is 29.9 Å². The van der Waals surface area contributed by atoms with Crippen LogP contribution >= 0.6 is 0 Å². The van der Waals surface area contributed by atoms with Crippen molar-refractivity contribution in [3.05, 3.63) is 108 Å². The van der Waals surface area contributed by atoms with Gasteiger partial charge < -0.3 is 25.6 Å². The van der Waals surface area contributed by atoms with Gasteiger partial charge in [-0.2, -0.15) is 0 Å². The van der Waals surface area contributed by atoms with E-state index in [0.29, 0.717) is 31.6 Å². The molecule has 3 aromatic carbocycles. The van der Waals surface area contributed by atoms with E-state index in [9.17, 15) is 14.4 Å². The smallest absolute Gasteiger partial charge is 0.410 e. The van der Waals surface area contributed by atoms with Crippen LogP contribution in [0.1, 0.15) is 74.5 Å². The molecule has 0 aliphatic carbocycles. The lowest BCUT2D eigenvalue weighted by molar-refractivity contribution is -0.0191. The molecule has 1 fully saturated rings. The number of rotatable bonds is 11. The Morgan fingerprint density at radius 3 is 2.00 bits per heavy atom. The number of carbonyl (C=O) groups excluding carboxylic acids is 3. The van der Waals surface area contributed by atoms with E-state index in [1.165, 1.54) is 0 Å². The second kappa shape index (κ2) is 16.3. The Bertz CT molecular complexity index is 1360. The van der Waals surface area contributed by atoms with Gasteiger partial charge >= 0.3 is 12.1 Å². The zero-order valence-corrected chi connectivity index (χ0v) is 27.7. The number of carbonyl (C=O) groups is 3. The van der Waals surface area contributed by atoms with Gasteiger partial charge in [-0.25, -0.2) is 9.59 Å². The van der Waals surface area contributed by atoms with Crippen molar-refractivity contribution in [1.82, 2.24) is 25.8 Å². The molecule has 46 heavy (non-hydrogen) atoms. The summed E-state index contributed by atoms with van der Waals surface area (Å²) in [5, 5.41) is 9.36. The van der Waals surface area contributed by atoms with Gasteiger partial charge in [-0.05, 0) is 56.9 Å². The highest BCUT2D eigenvalue weighted by Crippen LogP contribution is 2.36. The minimum absolute atomic E-state index is 0.185. The number of likely N-dealkylation sites (N-methyl/N-ethyl adjacent to an activating group) is 1. The Morgan fingerprint density at radius 2 is 1.46 bits per heavy atom. The van der Waals surface area contributed by atoms with E-state index in [2.05, 4.69) is 52.0 Å². The third-order valence-corrected chi connectivity index (χ3v) is 8.28. The molecule has 4 amide bonds. The molecule has 1 heterocycles. The third-order valence-electron chi connectivity index (χ3n) is 8.28. The van der Waals surface area contributed by atoms with Gasteiger partial charge in [0.05, 0.1) is 18.2 Å². The summed E-state index contributed by atoms with van der Waals surface area (Å²) < 4.78 is 5.81.